The second-order valence-corrected chi connectivity index (χ2v) is 7.52. The lowest BCUT2D eigenvalue weighted by Gasteiger charge is -2.21. The van der Waals surface area contributed by atoms with Crippen molar-refractivity contribution in [2.75, 3.05) is 13.1 Å². The number of aromatic nitrogens is 1. The van der Waals surface area contributed by atoms with Crippen molar-refractivity contribution >= 4 is 16.8 Å². The van der Waals surface area contributed by atoms with Crippen molar-refractivity contribution < 1.29 is 14.3 Å². The van der Waals surface area contributed by atoms with Crippen molar-refractivity contribution in [2.24, 2.45) is 17.6 Å². The Hall–Kier alpha value is -2.34. The lowest BCUT2D eigenvalue weighted by Crippen LogP contribution is -2.26. The number of carbonyl (C=O) groups is 1. The van der Waals surface area contributed by atoms with E-state index in [-0.39, 0.29) is 12.2 Å². The molecule has 2 aromatic rings. The van der Waals surface area contributed by atoms with Gasteiger partial charge >= 0.3 is 0 Å². The minimum atomic E-state index is -0.522. The molecule has 4 rings (SSSR count). The minimum absolute atomic E-state index is 0.0632. The summed E-state index contributed by atoms with van der Waals surface area (Å²) in [4.78, 5) is 16.2. The highest BCUT2D eigenvalue weighted by Crippen LogP contribution is 2.39. The number of benzene rings is 1. The molecule has 0 spiro atoms. The van der Waals surface area contributed by atoms with Gasteiger partial charge in [-0.15, -0.1) is 0 Å². The topological polar surface area (TPSA) is 86.5 Å². The van der Waals surface area contributed by atoms with Crippen LogP contribution in [0, 0.1) is 11.8 Å². The molecule has 1 saturated heterocycles. The summed E-state index contributed by atoms with van der Waals surface area (Å²) < 4.78 is 12.2. The van der Waals surface area contributed by atoms with Gasteiger partial charge in [0.1, 0.15) is 17.6 Å². The number of rotatable bonds is 5. The predicted molar refractivity (Wildman–Crippen MR) is 99.5 cm³/mol. The summed E-state index contributed by atoms with van der Waals surface area (Å²) >= 11 is 0. The van der Waals surface area contributed by atoms with Crippen LogP contribution in [0.3, 0.4) is 0 Å². The van der Waals surface area contributed by atoms with Crippen molar-refractivity contribution in [2.45, 2.75) is 38.9 Å². The summed E-state index contributed by atoms with van der Waals surface area (Å²) in [7, 11) is 0. The van der Waals surface area contributed by atoms with Crippen molar-refractivity contribution in [3.63, 3.8) is 0 Å². The largest absolute Gasteiger partial charge is 0.490 e. The van der Waals surface area contributed by atoms with Gasteiger partial charge in [0.2, 0.25) is 0 Å². The fourth-order valence-corrected chi connectivity index (χ4v) is 4.20. The van der Waals surface area contributed by atoms with Crippen LogP contribution in [-0.2, 0) is 0 Å². The van der Waals surface area contributed by atoms with E-state index in [9.17, 15) is 4.79 Å². The Kier molecular flexibility index (Phi) is 4.44. The summed E-state index contributed by atoms with van der Waals surface area (Å²) in [5.41, 5.74) is 6.56. The predicted octanol–water partition coefficient (Wildman–Crippen LogP) is 2.50. The van der Waals surface area contributed by atoms with Crippen LogP contribution in [0.25, 0.3) is 10.9 Å². The third kappa shape index (κ3) is 3.09. The van der Waals surface area contributed by atoms with Gasteiger partial charge in [0, 0.05) is 24.0 Å². The number of pyridine rings is 1. The molecule has 2 aliphatic rings. The lowest BCUT2D eigenvalue weighted by atomic mass is 9.99. The summed E-state index contributed by atoms with van der Waals surface area (Å²) in [6.07, 6.45) is 4.15. The number of nitrogens with one attached hydrogen (secondary N) is 1. The van der Waals surface area contributed by atoms with Crippen LogP contribution in [0.4, 0.5) is 0 Å². The molecule has 1 amide bonds. The van der Waals surface area contributed by atoms with Crippen LogP contribution >= 0.6 is 0 Å². The molecule has 1 unspecified atom stereocenters. The van der Waals surface area contributed by atoms with Gasteiger partial charge in [-0.05, 0) is 57.4 Å². The fraction of sp³-hybridized carbons (Fsp3) is 0.500. The van der Waals surface area contributed by atoms with E-state index < -0.39 is 5.91 Å². The zero-order chi connectivity index (χ0) is 18.3. The van der Waals surface area contributed by atoms with Gasteiger partial charge in [0.15, 0.2) is 0 Å². The molecule has 1 saturated carbocycles. The third-order valence-electron chi connectivity index (χ3n) is 5.40. The Bertz CT molecular complexity index is 836. The first-order valence-corrected chi connectivity index (χ1v) is 9.29. The smallest absolute Gasteiger partial charge is 0.252 e. The van der Waals surface area contributed by atoms with Crippen molar-refractivity contribution in [3.05, 3.63) is 30.0 Å². The second kappa shape index (κ2) is 6.76. The van der Waals surface area contributed by atoms with Crippen LogP contribution in [0.5, 0.6) is 11.5 Å². The molecule has 6 heteroatoms. The SMILES string of the molecule is CC(C)Oc1cc2c(OC3CC[C@@H]4CNC[C@H]34)ccnc2cc1C(N)=O. The van der Waals surface area contributed by atoms with E-state index in [0.29, 0.717) is 22.7 Å². The first kappa shape index (κ1) is 17.1. The number of hydrogen-bond acceptors (Lipinski definition) is 5. The van der Waals surface area contributed by atoms with E-state index in [1.54, 1.807) is 12.3 Å². The molecule has 138 valence electrons. The quantitative estimate of drug-likeness (QED) is 0.860. The molecule has 3 N–H and O–H groups in total. The molecule has 1 aliphatic carbocycles. The third-order valence-corrected chi connectivity index (χ3v) is 5.40. The molecule has 6 nitrogen and oxygen atoms in total. The molecule has 0 radical (unpaired) electrons. The number of nitrogens with zero attached hydrogens (tertiary/aromatic N) is 1. The maximum absolute atomic E-state index is 11.8. The Balaban J connectivity index is 1.72. The molecule has 1 aromatic heterocycles. The van der Waals surface area contributed by atoms with Gasteiger partial charge < -0.3 is 20.5 Å². The van der Waals surface area contributed by atoms with Gasteiger partial charge in [-0.2, -0.15) is 0 Å². The van der Waals surface area contributed by atoms with E-state index >= 15 is 0 Å². The van der Waals surface area contributed by atoms with Gasteiger partial charge in [0.25, 0.3) is 5.91 Å². The van der Waals surface area contributed by atoms with Crippen LogP contribution in [0.1, 0.15) is 37.0 Å². The number of fused-ring (bicyclic) bond motifs is 2. The number of nitrogens with two attached hydrogens (primary N) is 1. The maximum atomic E-state index is 11.8. The molecule has 1 aliphatic heterocycles. The first-order chi connectivity index (χ1) is 12.5. The Morgan fingerprint density at radius 3 is 2.88 bits per heavy atom. The number of hydrogen-bond donors (Lipinski definition) is 2. The lowest BCUT2D eigenvalue weighted by molar-refractivity contribution is 0.0994. The van der Waals surface area contributed by atoms with E-state index in [0.717, 1.165) is 36.6 Å². The van der Waals surface area contributed by atoms with Crippen LogP contribution in [0.15, 0.2) is 24.4 Å². The summed E-state index contributed by atoms with van der Waals surface area (Å²) in [5.74, 6) is 2.03. The molecule has 1 aromatic carbocycles. The number of carbonyl (C=O) groups excluding carboxylic acids is 1. The molecular weight excluding hydrogens is 330 g/mol. The number of ether oxygens (including phenoxy) is 2. The van der Waals surface area contributed by atoms with Crippen LogP contribution in [-0.4, -0.2) is 36.2 Å². The highest BCUT2D eigenvalue weighted by atomic mass is 16.5. The average Bonchev–Trinajstić information content (AvgIpc) is 3.19. The molecule has 26 heavy (non-hydrogen) atoms. The zero-order valence-corrected chi connectivity index (χ0v) is 15.2. The normalized spacial score (nSPS) is 24.8. The second-order valence-electron chi connectivity index (χ2n) is 7.52. The molecular formula is C20H25N3O3. The highest BCUT2D eigenvalue weighted by molar-refractivity contribution is 6.01. The van der Waals surface area contributed by atoms with Crippen molar-refractivity contribution in [1.29, 1.82) is 0 Å². The van der Waals surface area contributed by atoms with E-state index in [2.05, 4.69) is 10.3 Å². The fourth-order valence-electron chi connectivity index (χ4n) is 4.20. The average molecular weight is 355 g/mol. The molecule has 2 fully saturated rings. The van der Waals surface area contributed by atoms with Crippen molar-refractivity contribution in [1.82, 2.24) is 10.3 Å². The van der Waals surface area contributed by atoms with Gasteiger partial charge in [-0.3, -0.25) is 9.78 Å². The van der Waals surface area contributed by atoms with E-state index in [1.165, 1.54) is 6.42 Å². The number of primary amides is 1. The van der Waals surface area contributed by atoms with Crippen LogP contribution in [0.2, 0.25) is 0 Å². The summed E-state index contributed by atoms with van der Waals surface area (Å²) in [6.45, 7) is 5.95. The zero-order valence-electron chi connectivity index (χ0n) is 15.2. The first-order valence-electron chi connectivity index (χ1n) is 9.29. The van der Waals surface area contributed by atoms with E-state index in [1.807, 2.05) is 26.0 Å². The standard InChI is InChI=1S/C20H25N3O3/c1-11(2)25-19-8-13-16(7-14(19)20(21)24)23-6-5-18(13)26-17-4-3-12-9-22-10-15(12)17/h5-8,11-12,15,17,22H,3-4,9-10H2,1-2H3,(H2,21,24)/t12-,15+,17?/m1/s1. The van der Waals surface area contributed by atoms with Gasteiger partial charge in [-0.25, -0.2) is 0 Å². The summed E-state index contributed by atoms with van der Waals surface area (Å²) in [6, 6.07) is 5.41. The monoisotopic (exact) mass is 355 g/mol. The van der Waals surface area contributed by atoms with Crippen molar-refractivity contribution in [3.8, 4) is 11.5 Å². The van der Waals surface area contributed by atoms with Gasteiger partial charge in [0.05, 0.1) is 17.2 Å². The van der Waals surface area contributed by atoms with E-state index in [4.69, 9.17) is 15.2 Å². The maximum Gasteiger partial charge on any atom is 0.252 e. The highest BCUT2D eigenvalue weighted by Gasteiger charge is 2.40. The van der Waals surface area contributed by atoms with Gasteiger partial charge in [-0.1, -0.05) is 0 Å². The Morgan fingerprint density at radius 1 is 1.27 bits per heavy atom. The van der Waals surface area contributed by atoms with Crippen LogP contribution < -0.4 is 20.5 Å². The Morgan fingerprint density at radius 2 is 2.12 bits per heavy atom. The molecule has 3 atom stereocenters. The molecule has 0 bridgehead atoms. The number of amides is 1. The summed E-state index contributed by atoms with van der Waals surface area (Å²) in [5, 5.41) is 4.31. The molecule has 2 heterocycles. The minimum Gasteiger partial charge on any atom is -0.490 e. The Labute approximate surface area is 153 Å².